The first-order valence-electron chi connectivity index (χ1n) is 5.80. The van der Waals surface area contributed by atoms with E-state index in [9.17, 15) is 4.79 Å². The first kappa shape index (κ1) is 11.7. The van der Waals surface area contributed by atoms with E-state index in [2.05, 4.69) is 6.92 Å². The molecule has 0 saturated heterocycles. The quantitative estimate of drug-likeness (QED) is 0.749. The molecule has 0 amide bonds. The molecule has 0 bridgehead atoms. The molecule has 0 spiro atoms. The van der Waals surface area contributed by atoms with Crippen molar-refractivity contribution in [3.05, 3.63) is 29.3 Å². The van der Waals surface area contributed by atoms with Gasteiger partial charge in [-0.2, -0.15) is 0 Å². The molecule has 1 aromatic rings. The van der Waals surface area contributed by atoms with E-state index >= 15 is 0 Å². The summed E-state index contributed by atoms with van der Waals surface area (Å²) < 4.78 is 11.1. The Hall–Kier alpha value is -1.77. The van der Waals surface area contributed by atoms with Gasteiger partial charge in [-0.05, 0) is 18.6 Å². The number of ether oxygens (including phenoxy) is 2. The van der Waals surface area contributed by atoms with Gasteiger partial charge in [0, 0.05) is 11.1 Å². The highest BCUT2D eigenvalue weighted by Gasteiger charge is 2.23. The lowest BCUT2D eigenvalue weighted by Crippen LogP contribution is -2.23. The van der Waals surface area contributed by atoms with Crippen LogP contribution in [-0.4, -0.2) is 19.5 Å². The van der Waals surface area contributed by atoms with Crippen LogP contribution in [0.3, 0.4) is 0 Å². The normalized spacial score (nSPS) is 17.8. The summed E-state index contributed by atoms with van der Waals surface area (Å²) in [5.41, 5.74) is 1.60. The summed E-state index contributed by atoms with van der Waals surface area (Å²) in [6, 6.07) is 5.67. The fourth-order valence-corrected chi connectivity index (χ4v) is 2.01. The van der Waals surface area contributed by atoms with Crippen LogP contribution in [0.15, 0.2) is 23.8 Å². The highest BCUT2D eigenvalue weighted by atomic mass is 16.5. The van der Waals surface area contributed by atoms with E-state index in [4.69, 9.17) is 9.47 Å². The smallest absolute Gasteiger partial charge is 0.169 e. The van der Waals surface area contributed by atoms with Crippen molar-refractivity contribution >= 4 is 12.4 Å². The van der Waals surface area contributed by atoms with Gasteiger partial charge in [-0.15, -0.1) is 0 Å². The first-order valence-corrected chi connectivity index (χ1v) is 5.80. The summed E-state index contributed by atoms with van der Waals surface area (Å²) in [5.74, 6) is 1.45. The maximum absolute atomic E-state index is 11.0. The predicted molar refractivity (Wildman–Crippen MR) is 66.4 cm³/mol. The lowest BCUT2D eigenvalue weighted by molar-refractivity contribution is -0.105. The van der Waals surface area contributed by atoms with Crippen LogP contribution in [0, 0.1) is 0 Å². The lowest BCUT2D eigenvalue weighted by Gasteiger charge is -2.25. The van der Waals surface area contributed by atoms with Crippen molar-refractivity contribution in [2.75, 3.05) is 7.11 Å². The SMILES string of the molecule is CCC[C@H]1Oc2c(cccc2OC)C=C1C=O. The first-order chi connectivity index (χ1) is 8.30. The van der Waals surface area contributed by atoms with Crippen LogP contribution in [-0.2, 0) is 4.79 Å². The molecule has 1 atom stereocenters. The summed E-state index contributed by atoms with van der Waals surface area (Å²) in [4.78, 5) is 11.0. The summed E-state index contributed by atoms with van der Waals surface area (Å²) in [7, 11) is 1.62. The molecule has 3 nitrogen and oxygen atoms in total. The van der Waals surface area contributed by atoms with Gasteiger partial charge in [0.05, 0.1) is 7.11 Å². The van der Waals surface area contributed by atoms with Crippen molar-refractivity contribution in [1.82, 2.24) is 0 Å². The Morgan fingerprint density at radius 3 is 2.94 bits per heavy atom. The predicted octanol–water partition coefficient (Wildman–Crippen LogP) is 2.84. The average molecular weight is 232 g/mol. The molecule has 3 heteroatoms. The minimum atomic E-state index is -0.152. The standard InChI is InChI=1S/C14H16O3/c1-3-5-12-11(9-15)8-10-6-4-7-13(16-2)14(10)17-12/h4,6-9,12H,3,5H2,1-2H3/t12-/m1/s1. The number of carbonyl (C=O) groups is 1. The summed E-state index contributed by atoms with van der Waals surface area (Å²) in [6.45, 7) is 2.07. The topological polar surface area (TPSA) is 35.5 Å². The Bertz CT molecular complexity index is 449. The molecular weight excluding hydrogens is 216 g/mol. The third-order valence-electron chi connectivity index (χ3n) is 2.87. The van der Waals surface area contributed by atoms with Gasteiger partial charge in [-0.1, -0.05) is 25.5 Å². The van der Waals surface area contributed by atoms with Gasteiger partial charge in [-0.25, -0.2) is 0 Å². The van der Waals surface area contributed by atoms with Crippen LogP contribution in [0.25, 0.3) is 6.08 Å². The molecule has 0 aromatic heterocycles. The molecule has 1 heterocycles. The zero-order valence-corrected chi connectivity index (χ0v) is 10.1. The number of aldehydes is 1. The van der Waals surface area contributed by atoms with Crippen LogP contribution in [0.4, 0.5) is 0 Å². The molecule has 0 N–H and O–H groups in total. The van der Waals surface area contributed by atoms with Crippen molar-refractivity contribution < 1.29 is 14.3 Å². The Labute approximate surface area is 101 Å². The molecule has 17 heavy (non-hydrogen) atoms. The largest absolute Gasteiger partial charge is 0.493 e. The molecule has 0 saturated carbocycles. The van der Waals surface area contributed by atoms with Crippen molar-refractivity contribution in [3.8, 4) is 11.5 Å². The molecule has 0 aliphatic carbocycles. The van der Waals surface area contributed by atoms with E-state index in [1.807, 2.05) is 24.3 Å². The van der Waals surface area contributed by atoms with Crippen LogP contribution in [0.2, 0.25) is 0 Å². The molecule has 1 aliphatic heterocycles. The van der Waals surface area contributed by atoms with Crippen molar-refractivity contribution in [2.24, 2.45) is 0 Å². The van der Waals surface area contributed by atoms with E-state index in [1.54, 1.807) is 7.11 Å². The van der Waals surface area contributed by atoms with Gasteiger partial charge in [0.1, 0.15) is 12.4 Å². The minimum absolute atomic E-state index is 0.152. The Kier molecular flexibility index (Phi) is 3.47. The molecular formula is C14H16O3. The monoisotopic (exact) mass is 232 g/mol. The summed E-state index contributed by atoms with van der Waals surface area (Å²) >= 11 is 0. The Balaban J connectivity index is 2.43. The van der Waals surface area contributed by atoms with Gasteiger partial charge < -0.3 is 9.47 Å². The number of carbonyl (C=O) groups excluding carboxylic acids is 1. The second kappa shape index (κ2) is 5.04. The molecule has 1 aliphatic rings. The number of hydrogen-bond donors (Lipinski definition) is 0. The minimum Gasteiger partial charge on any atom is -0.493 e. The van der Waals surface area contributed by atoms with E-state index in [0.29, 0.717) is 11.3 Å². The molecule has 90 valence electrons. The number of methoxy groups -OCH3 is 1. The summed E-state index contributed by atoms with van der Waals surface area (Å²) in [5, 5.41) is 0. The number of benzene rings is 1. The van der Waals surface area contributed by atoms with Gasteiger partial charge in [0.15, 0.2) is 11.5 Å². The van der Waals surface area contributed by atoms with E-state index in [-0.39, 0.29) is 6.10 Å². The van der Waals surface area contributed by atoms with Crippen LogP contribution < -0.4 is 9.47 Å². The number of para-hydroxylation sites is 1. The van der Waals surface area contributed by atoms with Gasteiger partial charge in [-0.3, -0.25) is 4.79 Å². The number of fused-ring (bicyclic) bond motifs is 1. The van der Waals surface area contributed by atoms with Crippen molar-refractivity contribution in [1.29, 1.82) is 0 Å². The van der Waals surface area contributed by atoms with Crippen molar-refractivity contribution in [3.63, 3.8) is 0 Å². The lowest BCUT2D eigenvalue weighted by atomic mass is 9.99. The van der Waals surface area contributed by atoms with Gasteiger partial charge in [0.2, 0.25) is 0 Å². The number of rotatable bonds is 4. The highest BCUT2D eigenvalue weighted by Crippen LogP contribution is 2.38. The van der Waals surface area contributed by atoms with Gasteiger partial charge >= 0.3 is 0 Å². The molecule has 0 fully saturated rings. The van der Waals surface area contributed by atoms with Gasteiger partial charge in [0.25, 0.3) is 0 Å². The highest BCUT2D eigenvalue weighted by molar-refractivity contribution is 5.86. The maximum atomic E-state index is 11.0. The second-order valence-electron chi connectivity index (χ2n) is 4.04. The molecule has 2 rings (SSSR count). The molecule has 1 aromatic carbocycles. The zero-order chi connectivity index (χ0) is 12.3. The van der Waals surface area contributed by atoms with E-state index in [0.717, 1.165) is 30.4 Å². The Morgan fingerprint density at radius 1 is 1.47 bits per heavy atom. The zero-order valence-electron chi connectivity index (χ0n) is 10.1. The second-order valence-corrected chi connectivity index (χ2v) is 4.04. The average Bonchev–Trinajstić information content (AvgIpc) is 2.37. The summed E-state index contributed by atoms with van der Waals surface area (Å²) in [6.07, 6.45) is 4.42. The van der Waals surface area contributed by atoms with Crippen LogP contribution in [0.1, 0.15) is 25.3 Å². The van der Waals surface area contributed by atoms with Crippen molar-refractivity contribution in [2.45, 2.75) is 25.9 Å². The van der Waals surface area contributed by atoms with Crippen LogP contribution >= 0.6 is 0 Å². The Morgan fingerprint density at radius 2 is 2.29 bits per heavy atom. The third kappa shape index (κ3) is 2.18. The maximum Gasteiger partial charge on any atom is 0.169 e. The molecule has 0 radical (unpaired) electrons. The van der Waals surface area contributed by atoms with Crippen LogP contribution in [0.5, 0.6) is 11.5 Å². The third-order valence-corrected chi connectivity index (χ3v) is 2.87. The number of hydrogen-bond acceptors (Lipinski definition) is 3. The molecule has 0 unspecified atom stereocenters. The fraction of sp³-hybridized carbons (Fsp3) is 0.357. The van der Waals surface area contributed by atoms with E-state index in [1.165, 1.54) is 0 Å². The fourth-order valence-electron chi connectivity index (χ4n) is 2.01. The van der Waals surface area contributed by atoms with E-state index < -0.39 is 0 Å².